The Morgan fingerprint density at radius 1 is 1.33 bits per heavy atom. The molecule has 82 valence electrons. The third-order valence-electron chi connectivity index (χ3n) is 2.94. The van der Waals surface area contributed by atoms with Gasteiger partial charge in [0.15, 0.2) is 0 Å². The van der Waals surface area contributed by atoms with Crippen molar-refractivity contribution in [2.75, 3.05) is 18.0 Å². The molecule has 0 spiro atoms. The first-order valence-electron chi connectivity index (χ1n) is 5.42. The van der Waals surface area contributed by atoms with Crippen molar-refractivity contribution >= 4 is 5.69 Å². The molecule has 0 N–H and O–H groups in total. The zero-order chi connectivity index (χ0) is 10.8. The summed E-state index contributed by atoms with van der Waals surface area (Å²) < 4.78 is 0. The van der Waals surface area contributed by atoms with Crippen LogP contribution in [-0.4, -0.2) is 35.1 Å². The number of hydrogen-bond acceptors (Lipinski definition) is 3. The van der Waals surface area contributed by atoms with Crippen molar-refractivity contribution in [3.8, 4) is 0 Å². The largest absolute Gasteiger partial charge is 0.456 e. The number of anilines is 1. The highest BCUT2D eigenvalue weighted by molar-refractivity contribution is 5.46. The van der Waals surface area contributed by atoms with E-state index in [1.165, 1.54) is 5.69 Å². The van der Waals surface area contributed by atoms with Gasteiger partial charge in [-0.25, -0.2) is 0 Å². The molecule has 0 bridgehead atoms. The second-order valence-electron chi connectivity index (χ2n) is 4.35. The minimum atomic E-state index is 0.496. The smallest absolute Gasteiger partial charge is 0.0558 e. The quantitative estimate of drug-likeness (QED) is 0.650. The summed E-state index contributed by atoms with van der Waals surface area (Å²) in [4.78, 5) is 8.74. The highest BCUT2D eigenvalue weighted by Crippen LogP contribution is 2.22. The van der Waals surface area contributed by atoms with Gasteiger partial charge < -0.3 is 9.80 Å². The molecule has 0 saturated carbocycles. The van der Waals surface area contributed by atoms with Crippen LogP contribution in [0.5, 0.6) is 0 Å². The van der Waals surface area contributed by atoms with Crippen molar-refractivity contribution in [3.63, 3.8) is 0 Å². The van der Waals surface area contributed by atoms with Gasteiger partial charge in [0.1, 0.15) is 0 Å². The van der Waals surface area contributed by atoms with E-state index < -0.39 is 0 Å². The molecule has 0 aromatic carbocycles. The van der Waals surface area contributed by atoms with Gasteiger partial charge in [-0.15, -0.1) is 0 Å². The average molecular weight is 204 g/mol. The summed E-state index contributed by atoms with van der Waals surface area (Å²) in [5.74, 6) is 0. The first kappa shape index (κ1) is 10.4. The lowest BCUT2D eigenvalue weighted by molar-refractivity contribution is 0.263. The van der Waals surface area contributed by atoms with Crippen LogP contribution in [0.4, 0.5) is 5.69 Å². The fourth-order valence-corrected chi connectivity index (χ4v) is 2.45. The molecule has 1 aromatic rings. The van der Waals surface area contributed by atoms with Crippen molar-refractivity contribution in [2.45, 2.75) is 25.9 Å². The van der Waals surface area contributed by atoms with Gasteiger partial charge in [-0.2, -0.15) is 0 Å². The van der Waals surface area contributed by atoms with Crippen LogP contribution in [0.25, 0.3) is 0 Å². The predicted molar refractivity (Wildman–Crippen MR) is 62.6 cm³/mol. The third kappa shape index (κ3) is 2.12. The highest BCUT2D eigenvalue weighted by atomic mass is 15.3. The normalized spacial score (nSPS) is 28.1. The van der Waals surface area contributed by atoms with E-state index in [1.807, 2.05) is 18.5 Å². The van der Waals surface area contributed by atoms with E-state index in [0.717, 1.165) is 13.1 Å². The van der Waals surface area contributed by atoms with Crippen LogP contribution in [-0.2, 0) is 0 Å². The highest BCUT2D eigenvalue weighted by Gasteiger charge is 2.25. The minimum absolute atomic E-state index is 0.496. The molecule has 1 aromatic heterocycles. The van der Waals surface area contributed by atoms with Crippen LogP contribution in [0.2, 0.25) is 0 Å². The number of rotatable bonds is 1. The standard InChI is InChI=1S/C12H18N3/c1-10-8-14(3)9-11(2)15(10)12-5-4-6-13-7-12/h4-7,10-11H,3,8-9H2,1-2H3/q-1/t10-,11+. The van der Waals surface area contributed by atoms with Crippen LogP contribution >= 0.6 is 0 Å². The van der Waals surface area contributed by atoms with Crippen molar-refractivity contribution in [1.29, 1.82) is 0 Å². The van der Waals surface area contributed by atoms with Gasteiger partial charge in [0.25, 0.3) is 0 Å². The second-order valence-corrected chi connectivity index (χ2v) is 4.35. The SMILES string of the molecule is [CH2-]N1C[C@@H](C)N(c2cccnc2)[C@@H](C)C1. The topological polar surface area (TPSA) is 19.4 Å². The molecule has 0 unspecified atom stereocenters. The monoisotopic (exact) mass is 204 g/mol. The molecular weight excluding hydrogens is 186 g/mol. The van der Waals surface area contributed by atoms with E-state index in [-0.39, 0.29) is 0 Å². The molecule has 1 aliphatic rings. The second kappa shape index (κ2) is 4.19. The van der Waals surface area contributed by atoms with Crippen molar-refractivity contribution in [2.24, 2.45) is 0 Å². The summed E-state index contributed by atoms with van der Waals surface area (Å²) >= 11 is 0. The molecule has 0 amide bonds. The van der Waals surface area contributed by atoms with Gasteiger partial charge in [-0.05, 0) is 39.1 Å². The summed E-state index contributed by atoms with van der Waals surface area (Å²) in [6.07, 6.45) is 3.75. The number of piperazine rings is 1. The van der Waals surface area contributed by atoms with E-state index in [4.69, 9.17) is 0 Å². The van der Waals surface area contributed by atoms with Crippen LogP contribution in [0, 0.1) is 7.05 Å². The van der Waals surface area contributed by atoms with Crippen LogP contribution in [0.3, 0.4) is 0 Å². The molecule has 2 rings (SSSR count). The van der Waals surface area contributed by atoms with Gasteiger partial charge in [0, 0.05) is 18.3 Å². The van der Waals surface area contributed by atoms with Crippen molar-refractivity contribution in [1.82, 2.24) is 9.88 Å². The average Bonchev–Trinajstić information content (AvgIpc) is 2.17. The lowest BCUT2D eigenvalue weighted by Crippen LogP contribution is -2.55. The maximum atomic E-state index is 4.18. The van der Waals surface area contributed by atoms with E-state index in [0.29, 0.717) is 12.1 Å². The molecule has 3 nitrogen and oxygen atoms in total. The van der Waals surface area contributed by atoms with E-state index in [2.05, 4.69) is 41.7 Å². The molecule has 1 aliphatic heterocycles. The summed E-state index contributed by atoms with van der Waals surface area (Å²) in [6, 6.07) is 5.11. The van der Waals surface area contributed by atoms with E-state index in [9.17, 15) is 0 Å². The van der Waals surface area contributed by atoms with Crippen molar-refractivity contribution < 1.29 is 0 Å². The van der Waals surface area contributed by atoms with Gasteiger partial charge in [-0.1, -0.05) is 0 Å². The Morgan fingerprint density at radius 3 is 2.53 bits per heavy atom. The van der Waals surface area contributed by atoms with E-state index >= 15 is 0 Å². The van der Waals surface area contributed by atoms with E-state index in [1.54, 1.807) is 0 Å². The van der Waals surface area contributed by atoms with Gasteiger partial charge in [0.05, 0.1) is 11.9 Å². The van der Waals surface area contributed by atoms with Gasteiger partial charge in [-0.3, -0.25) is 12.0 Å². The van der Waals surface area contributed by atoms with Gasteiger partial charge >= 0.3 is 0 Å². The molecule has 0 aliphatic carbocycles. The Bertz CT molecular complexity index is 300. The Kier molecular flexibility index (Phi) is 2.91. The molecule has 2 atom stereocenters. The maximum Gasteiger partial charge on any atom is 0.0558 e. The lowest BCUT2D eigenvalue weighted by atomic mass is 10.1. The Balaban J connectivity index is 2.21. The molecule has 0 radical (unpaired) electrons. The van der Waals surface area contributed by atoms with Gasteiger partial charge in [0.2, 0.25) is 0 Å². The first-order valence-corrected chi connectivity index (χ1v) is 5.42. The minimum Gasteiger partial charge on any atom is -0.456 e. The van der Waals surface area contributed by atoms with Crippen LogP contribution in [0.1, 0.15) is 13.8 Å². The number of aromatic nitrogens is 1. The Hall–Kier alpha value is -1.09. The molecule has 1 saturated heterocycles. The number of nitrogens with zero attached hydrogens (tertiary/aromatic N) is 3. The zero-order valence-electron chi connectivity index (χ0n) is 9.43. The zero-order valence-corrected chi connectivity index (χ0v) is 9.43. The first-order chi connectivity index (χ1) is 7.18. The molecule has 1 fully saturated rings. The molecular formula is C12H18N3-. The Labute approximate surface area is 91.7 Å². The predicted octanol–water partition coefficient (Wildman–Crippen LogP) is 1.77. The maximum absolute atomic E-state index is 4.18. The fraction of sp³-hybridized carbons (Fsp3) is 0.500. The van der Waals surface area contributed by atoms with Crippen LogP contribution < -0.4 is 4.90 Å². The summed E-state index contributed by atoms with van der Waals surface area (Å²) in [5.41, 5.74) is 1.21. The number of hydrogen-bond donors (Lipinski definition) is 0. The number of pyridine rings is 1. The summed E-state index contributed by atoms with van der Waals surface area (Å²) in [6.45, 7) is 6.50. The molecule has 3 heteroatoms. The summed E-state index contributed by atoms with van der Waals surface area (Å²) in [5, 5.41) is 0. The fourth-order valence-electron chi connectivity index (χ4n) is 2.45. The summed E-state index contributed by atoms with van der Waals surface area (Å²) in [7, 11) is 4.02. The Morgan fingerprint density at radius 2 is 2.00 bits per heavy atom. The van der Waals surface area contributed by atoms with Crippen molar-refractivity contribution in [3.05, 3.63) is 31.6 Å². The molecule has 15 heavy (non-hydrogen) atoms. The molecule has 2 heterocycles. The van der Waals surface area contributed by atoms with Crippen LogP contribution in [0.15, 0.2) is 24.5 Å². The lowest BCUT2D eigenvalue weighted by Gasteiger charge is -2.47. The third-order valence-corrected chi connectivity index (χ3v) is 2.94.